The summed E-state index contributed by atoms with van der Waals surface area (Å²) in [6.07, 6.45) is 1.20. The van der Waals surface area contributed by atoms with Crippen molar-refractivity contribution in [3.8, 4) is 0 Å². The zero-order chi connectivity index (χ0) is 10.2. The van der Waals surface area contributed by atoms with Gasteiger partial charge in [-0.05, 0) is 6.92 Å². The first kappa shape index (κ1) is 17.1. The molecule has 89 valence electrons. The number of carbonyl (C=O) groups excluding carboxylic acids is 1. The van der Waals surface area contributed by atoms with Crippen LogP contribution in [0.2, 0.25) is 6.32 Å². The molecule has 0 atom stereocenters. The number of hydrogen-bond donors (Lipinski definition) is 0. The molecule has 1 aromatic rings. The molecule has 4 nitrogen and oxygen atoms in total. The van der Waals surface area contributed by atoms with Crippen LogP contribution in [0.5, 0.6) is 0 Å². The Kier molecular flexibility index (Phi) is 10.9. The third kappa shape index (κ3) is 7.03. The molecule has 0 unspecified atom stereocenters. The van der Waals surface area contributed by atoms with Gasteiger partial charge < -0.3 is 15.7 Å². The molecule has 0 fully saturated rings. The van der Waals surface area contributed by atoms with Gasteiger partial charge in [0.1, 0.15) is 0 Å². The standard InChI is InChI=1S/C11H14BO2.2H2O/c1-2-14-11(13)8-9-12-10-6-4-3-5-7-10;;/h3-7H,2,8-9H2,1H3;2*1H2. The molecule has 1 radical (unpaired) electrons. The normalized spacial score (nSPS) is 8.31. The van der Waals surface area contributed by atoms with Crippen LogP contribution in [0.25, 0.3) is 0 Å². The van der Waals surface area contributed by atoms with E-state index in [-0.39, 0.29) is 16.9 Å². The first-order valence-corrected chi connectivity index (χ1v) is 4.87. The van der Waals surface area contributed by atoms with Gasteiger partial charge in [-0.1, -0.05) is 42.1 Å². The lowest BCUT2D eigenvalue weighted by Gasteiger charge is -2.00. The Bertz CT molecular complexity index is 277. The molecule has 1 rings (SSSR count). The summed E-state index contributed by atoms with van der Waals surface area (Å²) in [5, 5.41) is 0. The van der Waals surface area contributed by atoms with Crippen molar-refractivity contribution in [1.82, 2.24) is 0 Å². The van der Waals surface area contributed by atoms with E-state index in [9.17, 15) is 4.79 Å². The highest BCUT2D eigenvalue weighted by Gasteiger charge is 2.02. The molecule has 4 N–H and O–H groups in total. The highest BCUT2D eigenvalue weighted by atomic mass is 16.5. The van der Waals surface area contributed by atoms with Gasteiger partial charge in [0.15, 0.2) is 7.28 Å². The van der Waals surface area contributed by atoms with E-state index in [0.717, 1.165) is 11.8 Å². The second-order valence-electron chi connectivity index (χ2n) is 2.96. The average molecular weight is 225 g/mol. The van der Waals surface area contributed by atoms with Crippen LogP contribution in [0.1, 0.15) is 13.3 Å². The van der Waals surface area contributed by atoms with Crippen LogP contribution in [0.3, 0.4) is 0 Å². The van der Waals surface area contributed by atoms with Crippen LogP contribution in [0, 0.1) is 0 Å². The third-order valence-corrected chi connectivity index (χ3v) is 1.83. The minimum atomic E-state index is -0.125. The topological polar surface area (TPSA) is 89.3 Å². The van der Waals surface area contributed by atoms with Crippen molar-refractivity contribution >= 4 is 18.7 Å². The second-order valence-corrected chi connectivity index (χ2v) is 2.96. The van der Waals surface area contributed by atoms with Gasteiger partial charge in [-0.2, -0.15) is 0 Å². The fourth-order valence-corrected chi connectivity index (χ4v) is 1.18. The quantitative estimate of drug-likeness (QED) is 0.510. The molecule has 0 aliphatic rings. The van der Waals surface area contributed by atoms with Crippen molar-refractivity contribution in [2.75, 3.05) is 6.61 Å². The molecule has 0 aliphatic heterocycles. The van der Waals surface area contributed by atoms with E-state index < -0.39 is 0 Å². The maximum Gasteiger partial charge on any atom is 0.305 e. The lowest BCUT2D eigenvalue weighted by molar-refractivity contribution is -0.142. The predicted molar refractivity (Wildman–Crippen MR) is 65.1 cm³/mol. The van der Waals surface area contributed by atoms with E-state index in [0.29, 0.717) is 13.0 Å². The number of rotatable bonds is 5. The van der Waals surface area contributed by atoms with Crippen molar-refractivity contribution < 1.29 is 20.5 Å². The van der Waals surface area contributed by atoms with Crippen molar-refractivity contribution in [3.63, 3.8) is 0 Å². The lowest BCUT2D eigenvalue weighted by Crippen LogP contribution is -2.14. The maximum atomic E-state index is 11.0. The van der Waals surface area contributed by atoms with Crippen LogP contribution in [0.15, 0.2) is 30.3 Å². The van der Waals surface area contributed by atoms with Crippen molar-refractivity contribution in [2.45, 2.75) is 19.7 Å². The van der Waals surface area contributed by atoms with E-state index >= 15 is 0 Å². The molecule has 0 heterocycles. The van der Waals surface area contributed by atoms with Gasteiger partial charge in [0.05, 0.1) is 6.61 Å². The highest BCUT2D eigenvalue weighted by molar-refractivity contribution is 6.53. The summed E-state index contributed by atoms with van der Waals surface area (Å²) < 4.78 is 4.82. The molecule has 0 saturated heterocycles. The minimum Gasteiger partial charge on any atom is -0.466 e. The Morgan fingerprint density at radius 3 is 2.44 bits per heavy atom. The van der Waals surface area contributed by atoms with Gasteiger partial charge in [0, 0.05) is 6.42 Å². The van der Waals surface area contributed by atoms with Gasteiger partial charge in [-0.3, -0.25) is 4.79 Å². The molecule has 1 aromatic carbocycles. The number of hydrogen-bond acceptors (Lipinski definition) is 2. The van der Waals surface area contributed by atoms with E-state index in [1.165, 1.54) is 0 Å². The monoisotopic (exact) mass is 225 g/mol. The van der Waals surface area contributed by atoms with E-state index in [1.807, 2.05) is 44.5 Å². The first-order chi connectivity index (χ1) is 6.83. The molecule has 0 saturated carbocycles. The summed E-state index contributed by atoms with van der Waals surface area (Å²) in [6.45, 7) is 2.28. The minimum absolute atomic E-state index is 0. The number of carbonyl (C=O) groups is 1. The fourth-order valence-electron chi connectivity index (χ4n) is 1.18. The van der Waals surface area contributed by atoms with Gasteiger partial charge >= 0.3 is 5.97 Å². The van der Waals surface area contributed by atoms with Gasteiger partial charge in [-0.25, -0.2) is 0 Å². The Morgan fingerprint density at radius 2 is 1.88 bits per heavy atom. The smallest absolute Gasteiger partial charge is 0.305 e. The molecule has 16 heavy (non-hydrogen) atoms. The molecular weight excluding hydrogens is 207 g/mol. The number of esters is 1. The summed E-state index contributed by atoms with van der Waals surface area (Å²) in [7, 11) is 2.04. The largest absolute Gasteiger partial charge is 0.466 e. The number of ether oxygens (including phenoxy) is 1. The van der Waals surface area contributed by atoms with Crippen LogP contribution in [0.4, 0.5) is 0 Å². The highest BCUT2D eigenvalue weighted by Crippen LogP contribution is 1.93. The van der Waals surface area contributed by atoms with Crippen molar-refractivity contribution in [1.29, 1.82) is 0 Å². The van der Waals surface area contributed by atoms with Crippen LogP contribution in [-0.2, 0) is 9.53 Å². The summed E-state index contributed by atoms with van der Waals surface area (Å²) in [6, 6.07) is 9.98. The van der Waals surface area contributed by atoms with Gasteiger partial charge in [0.2, 0.25) is 0 Å². The summed E-state index contributed by atoms with van der Waals surface area (Å²) in [4.78, 5) is 11.0. The molecule has 0 spiro atoms. The maximum absolute atomic E-state index is 11.0. The predicted octanol–water partition coefficient (Wildman–Crippen LogP) is -0.262. The SMILES string of the molecule is CCOC(=O)CC[B]c1ccccc1.O.O. The second kappa shape index (κ2) is 10.2. The molecule has 0 aliphatic carbocycles. The average Bonchev–Trinajstić information content (AvgIpc) is 2.20. The van der Waals surface area contributed by atoms with Crippen LogP contribution in [-0.4, -0.2) is 30.8 Å². The van der Waals surface area contributed by atoms with E-state index in [1.54, 1.807) is 0 Å². The molecule has 0 amide bonds. The molecule has 0 aromatic heterocycles. The fraction of sp³-hybridized carbons (Fsp3) is 0.364. The zero-order valence-electron chi connectivity index (χ0n) is 9.40. The molecular formula is C11H18BO4. The van der Waals surface area contributed by atoms with E-state index in [2.05, 4.69) is 0 Å². The van der Waals surface area contributed by atoms with Gasteiger partial charge in [0.25, 0.3) is 0 Å². The molecule has 5 heteroatoms. The summed E-state index contributed by atoms with van der Waals surface area (Å²) in [5.41, 5.74) is 1.15. The number of benzene rings is 1. The van der Waals surface area contributed by atoms with Crippen molar-refractivity contribution in [3.05, 3.63) is 30.3 Å². The Hall–Kier alpha value is -1.33. The Morgan fingerprint density at radius 1 is 1.25 bits per heavy atom. The lowest BCUT2D eigenvalue weighted by atomic mass is 9.66. The van der Waals surface area contributed by atoms with Crippen LogP contribution >= 0.6 is 0 Å². The van der Waals surface area contributed by atoms with E-state index in [4.69, 9.17) is 4.74 Å². The Labute approximate surface area is 96.5 Å². The first-order valence-electron chi connectivity index (χ1n) is 4.87. The van der Waals surface area contributed by atoms with Gasteiger partial charge in [-0.15, -0.1) is 0 Å². The molecule has 0 bridgehead atoms. The van der Waals surface area contributed by atoms with Crippen molar-refractivity contribution in [2.24, 2.45) is 0 Å². The third-order valence-electron chi connectivity index (χ3n) is 1.83. The van der Waals surface area contributed by atoms with Crippen LogP contribution < -0.4 is 5.46 Å². The zero-order valence-corrected chi connectivity index (χ0v) is 9.40. The summed E-state index contributed by atoms with van der Waals surface area (Å²) >= 11 is 0. The Balaban J connectivity index is 0. The summed E-state index contributed by atoms with van der Waals surface area (Å²) in [5.74, 6) is -0.125.